The Labute approximate surface area is 238 Å². The van der Waals surface area contributed by atoms with Crippen LogP contribution in [0.5, 0.6) is 17.2 Å². The number of rotatable bonds is 8. The van der Waals surface area contributed by atoms with Crippen molar-refractivity contribution in [1.29, 1.82) is 0 Å². The lowest BCUT2D eigenvalue weighted by atomic mass is 9.99. The number of hydrogen-bond donors (Lipinski definition) is 6. The van der Waals surface area contributed by atoms with Crippen LogP contribution in [0.2, 0.25) is 0 Å². The van der Waals surface area contributed by atoms with Crippen molar-refractivity contribution in [2.75, 3.05) is 27.4 Å². The fourth-order valence-corrected chi connectivity index (χ4v) is 4.80. The van der Waals surface area contributed by atoms with E-state index in [1.54, 1.807) is 24.3 Å². The average molecular weight is 593 g/mol. The molecule has 3 aromatic rings. The first-order chi connectivity index (χ1) is 20.1. The van der Waals surface area contributed by atoms with Gasteiger partial charge in [0.15, 0.2) is 17.6 Å². The molecule has 14 nitrogen and oxygen atoms in total. The van der Waals surface area contributed by atoms with Crippen molar-refractivity contribution in [2.24, 2.45) is 0 Å². The first-order valence-electron chi connectivity index (χ1n) is 13.0. The zero-order valence-electron chi connectivity index (χ0n) is 22.6. The number of ether oxygens (including phenoxy) is 6. The molecule has 0 saturated carbocycles. The molecule has 3 heterocycles. The molecule has 5 rings (SSSR count). The molecule has 9 atom stereocenters. The second kappa shape index (κ2) is 12.5. The van der Waals surface area contributed by atoms with Gasteiger partial charge in [0, 0.05) is 0 Å². The molecule has 42 heavy (non-hydrogen) atoms. The Balaban J connectivity index is 1.36. The van der Waals surface area contributed by atoms with E-state index in [1.165, 1.54) is 32.6 Å². The number of methoxy groups -OCH3 is 2. The van der Waals surface area contributed by atoms with E-state index in [0.717, 1.165) is 0 Å². The summed E-state index contributed by atoms with van der Waals surface area (Å²) < 4.78 is 38.5. The van der Waals surface area contributed by atoms with Gasteiger partial charge in [0.1, 0.15) is 54.7 Å². The van der Waals surface area contributed by atoms with E-state index in [-0.39, 0.29) is 34.5 Å². The molecule has 0 unspecified atom stereocenters. The fraction of sp³-hybridized carbons (Fsp3) is 0.464. The summed E-state index contributed by atoms with van der Waals surface area (Å²) in [4.78, 5) is 13.3. The van der Waals surface area contributed by atoms with Crippen LogP contribution in [-0.2, 0) is 14.2 Å². The summed E-state index contributed by atoms with van der Waals surface area (Å²) in [5, 5.41) is 61.2. The van der Waals surface area contributed by atoms with E-state index in [1.807, 2.05) is 0 Å². The van der Waals surface area contributed by atoms with Gasteiger partial charge in [-0.25, -0.2) is 0 Å². The van der Waals surface area contributed by atoms with E-state index in [9.17, 15) is 35.4 Å². The molecule has 2 aromatic carbocycles. The van der Waals surface area contributed by atoms with Gasteiger partial charge in [-0.05, 0) is 29.8 Å². The van der Waals surface area contributed by atoms with E-state index >= 15 is 0 Å². The molecule has 228 valence electrons. The number of aliphatic hydroxyl groups is 6. The van der Waals surface area contributed by atoms with Crippen LogP contribution in [0.15, 0.2) is 51.9 Å². The van der Waals surface area contributed by atoms with Crippen LogP contribution in [0.4, 0.5) is 0 Å². The monoisotopic (exact) mass is 592 g/mol. The molecule has 0 aliphatic carbocycles. The molecule has 14 heteroatoms. The van der Waals surface area contributed by atoms with E-state index < -0.39 is 61.9 Å². The van der Waals surface area contributed by atoms with E-state index in [4.69, 9.17) is 32.8 Å². The Bertz CT molecular complexity index is 1420. The van der Waals surface area contributed by atoms with Gasteiger partial charge in [0.2, 0.25) is 17.5 Å². The molecule has 6 N–H and O–H groups in total. The SMILES string of the molecule is COc1ccc(-c2coc3c(OC)c(O[C@@H]4O[C@H](CO[C@@H]5OC[C@@H](O)[C@H](O)[C@H]5O)[C@@H](O)[C@H](O)[C@H]4O)ccc3c2=O)cc1. The van der Waals surface area contributed by atoms with Crippen LogP contribution < -0.4 is 19.6 Å². The molecule has 0 amide bonds. The molecule has 2 aliphatic heterocycles. The minimum atomic E-state index is -1.72. The Morgan fingerprint density at radius 1 is 0.833 bits per heavy atom. The van der Waals surface area contributed by atoms with Crippen molar-refractivity contribution >= 4 is 11.0 Å². The number of benzene rings is 2. The highest BCUT2D eigenvalue weighted by atomic mass is 16.7. The van der Waals surface area contributed by atoms with Gasteiger partial charge >= 0.3 is 0 Å². The lowest BCUT2D eigenvalue weighted by Crippen LogP contribution is -2.61. The third-order valence-corrected chi connectivity index (χ3v) is 7.26. The third kappa shape index (κ3) is 5.68. The van der Waals surface area contributed by atoms with Gasteiger partial charge < -0.3 is 63.5 Å². The highest BCUT2D eigenvalue weighted by Crippen LogP contribution is 2.37. The second-order valence-electron chi connectivity index (χ2n) is 9.90. The summed E-state index contributed by atoms with van der Waals surface area (Å²) in [6.07, 6.45) is -12.3. The molecule has 2 saturated heterocycles. The van der Waals surface area contributed by atoms with E-state index in [2.05, 4.69) is 0 Å². The highest BCUT2D eigenvalue weighted by Gasteiger charge is 2.46. The molecular formula is C28H32O14. The van der Waals surface area contributed by atoms with Crippen molar-refractivity contribution in [3.8, 4) is 28.4 Å². The van der Waals surface area contributed by atoms with Gasteiger partial charge in [0.05, 0.1) is 38.4 Å². The average Bonchev–Trinajstić information content (AvgIpc) is 3.00. The Hall–Kier alpha value is -3.31. The van der Waals surface area contributed by atoms with Gasteiger partial charge in [0.25, 0.3) is 0 Å². The summed E-state index contributed by atoms with van der Waals surface area (Å²) in [6.45, 7) is -0.753. The van der Waals surface area contributed by atoms with Gasteiger partial charge in [-0.3, -0.25) is 4.79 Å². The maximum Gasteiger partial charge on any atom is 0.229 e. The maximum atomic E-state index is 13.3. The number of fused-ring (bicyclic) bond motifs is 1. The van der Waals surface area contributed by atoms with Crippen molar-refractivity contribution in [1.82, 2.24) is 0 Å². The summed E-state index contributed by atoms with van der Waals surface area (Å²) in [6, 6.07) is 9.74. The lowest BCUT2D eigenvalue weighted by Gasteiger charge is -2.41. The number of aliphatic hydroxyl groups excluding tert-OH is 6. The second-order valence-corrected chi connectivity index (χ2v) is 9.90. The summed E-state index contributed by atoms with van der Waals surface area (Å²) in [5.74, 6) is 0.645. The first kappa shape index (κ1) is 30.2. The van der Waals surface area contributed by atoms with Crippen molar-refractivity contribution in [3.05, 3.63) is 52.9 Å². The summed E-state index contributed by atoms with van der Waals surface area (Å²) >= 11 is 0. The van der Waals surface area contributed by atoms with Crippen LogP contribution in [0, 0.1) is 0 Å². The van der Waals surface area contributed by atoms with Crippen LogP contribution in [0.3, 0.4) is 0 Å². The summed E-state index contributed by atoms with van der Waals surface area (Å²) in [5.41, 5.74) is 0.649. The molecule has 1 aromatic heterocycles. The summed E-state index contributed by atoms with van der Waals surface area (Å²) in [7, 11) is 2.86. The Kier molecular flexibility index (Phi) is 8.98. The molecule has 0 spiro atoms. The maximum absolute atomic E-state index is 13.3. The predicted molar refractivity (Wildman–Crippen MR) is 142 cm³/mol. The van der Waals surface area contributed by atoms with Crippen LogP contribution >= 0.6 is 0 Å². The van der Waals surface area contributed by atoms with Crippen LogP contribution in [0.1, 0.15) is 0 Å². The topological polar surface area (TPSA) is 207 Å². The standard InChI is InChI=1S/C28H32O14/c1-36-13-5-3-12(4-6-13)15-9-38-25-14(19(15)30)7-8-17(26(25)37-2)41-28-24(35)22(33)21(32)18(42-28)11-40-27-23(34)20(31)16(29)10-39-27/h3-9,16,18,20-24,27-29,31-35H,10-11H2,1-2H3/t16-,18-,20+,21-,22+,23-,24-,27+,28-/m1/s1. The molecule has 2 aliphatic rings. The minimum Gasteiger partial charge on any atom is -0.497 e. The van der Waals surface area contributed by atoms with Gasteiger partial charge in [-0.2, -0.15) is 0 Å². The smallest absolute Gasteiger partial charge is 0.229 e. The minimum absolute atomic E-state index is 0.000742. The largest absolute Gasteiger partial charge is 0.497 e. The third-order valence-electron chi connectivity index (χ3n) is 7.26. The highest BCUT2D eigenvalue weighted by molar-refractivity contribution is 5.88. The zero-order valence-corrected chi connectivity index (χ0v) is 22.6. The Morgan fingerprint density at radius 2 is 1.55 bits per heavy atom. The lowest BCUT2D eigenvalue weighted by molar-refractivity contribution is -0.307. The fourth-order valence-electron chi connectivity index (χ4n) is 4.80. The predicted octanol–water partition coefficient (Wildman–Crippen LogP) is -0.881. The molecule has 0 bridgehead atoms. The van der Waals surface area contributed by atoms with Crippen molar-refractivity contribution in [3.63, 3.8) is 0 Å². The normalized spacial score (nSPS) is 31.6. The molecule has 2 fully saturated rings. The molecular weight excluding hydrogens is 560 g/mol. The van der Waals surface area contributed by atoms with E-state index in [0.29, 0.717) is 16.9 Å². The van der Waals surface area contributed by atoms with Crippen LogP contribution in [0.25, 0.3) is 22.1 Å². The number of hydrogen-bond acceptors (Lipinski definition) is 14. The molecule has 0 radical (unpaired) electrons. The van der Waals surface area contributed by atoms with Crippen LogP contribution in [-0.4, -0.2) is 113 Å². The van der Waals surface area contributed by atoms with Gasteiger partial charge in [-0.15, -0.1) is 0 Å². The first-order valence-corrected chi connectivity index (χ1v) is 13.0. The quantitative estimate of drug-likeness (QED) is 0.188. The van der Waals surface area contributed by atoms with Crippen molar-refractivity contribution in [2.45, 2.75) is 55.3 Å². The zero-order chi connectivity index (χ0) is 30.1. The van der Waals surface area contributed by atoms with Gasteiger partial charge in [-0.1, -0.05) is 12.1 Å². The van der Waals surface area contributed by atoms with Crippen molar-refractivity contribution < 1.29 is 63.5 Å². The Morgan fingerprint density at radius 3 is 2.24 bits per heavy atom.